The number of carbonyl (C=O) groups is 1. The number of ketones is 1. The Labute approximate surface area is 100 Å². The van der Waals surface area contributed by atoms with Crippen molar-refractivity contribution in [2.24, 2.45) is 0 Å². The van der Waals surface area contributed by atoms with Gasteiger partial charge in [-0.2, -0.15) is 0 Å². The first-order valence-electron chi connectivity index (χ1n) is 5.86. The third kappa shape index (κ3) is 1.86. The molecule has 0 spiro atoms. The molecule has 84 valence electrons. The lowest BCUT2D eigenvalue weighted by molar-refractivity contribution is 0.0963. The highest BCUT2D eigenvalue weighted by atomic mass is 16.1. The van der Waals surface area contributed by atoms with Crippen LogP contribution in [0.4, 0.5) is 0 Å². The maximum atomic E-state index is 12.0. The normalized spacial score (nSPS) is 18.8. The molecule has 1 atom stereocenters. The van der Waals surface area contributed by atoms with E-state index in [1.54, 1.807) is 6.20 Å². The Balaban J connectivity index is 1.97. The second kappa shape index (κ2) is 4.13. The SMILES string of the molecule is O=C1C[C@@H](c2ccccc2)Cc2ncccc21. The summed E-state index contributed by atoms with van der Waals surface area (Å²) >= 11 is 0. The predicted molar refractivity (Wildman–Crippen MR) is 66.1 cm³/mol. The molecule has 1 heterocycles. The fraction of sp³-hybridized carbons (Fsp3) is 0.200. The van der Waals surface area contributed by atoms with Crippen LogP contribution in [0.3, 0.4) is 0 Å². The van der Waals surface area contributed by atoms with Crippen molar-refractivity contribution in [3.8, 4) is 0 Å². The Hall–Kier alpha value is -1.96. The van der Waals surface area contributed by atoms with Crippen LogP contribution in [0.15, 0.2) is 48.7 Å². The van der Waals surface area contributed by atoms with E-state index in [-0.39, 0.29) is 11.7 Å². The molecule has 0 N–H and O–H groups in total. The number of aromatic nitrogens is 1. The maximum absolute atomic E-state index is 12.0. The first kappa shape index (κ1) is 10.2. The summed E-state index contributed by atoms with van der Waals surface area (Å²) in [6.07, 6.45) is 3.23. The largest absolute Gasteiger partial charge is 0.294 e. The Kier molecular flexibility index (Phi) is 2.48. The van der Waals surface area contributed by atoms with Crippen LogP contribution in [0.25, 0.3) is 0 Å². The molecule has 2 aromatic rings. The quantitative estimate of drug-likeness (QED) is 0.744. The van der Waals surface area contributed by atoms with Crippen LogP contribution in [-0.4, -0.2) is 10.8 Å². The van der Waals surface area contributed by atoms with Crippen LogP contribution in [0.1, 0.15) is 34.0 Å². The molecule has 0 amide bonds. The molecular weight excluding hydrogens is 210 g/mol. The van der Waals surface area contributed by atoms with Crippen molar-refractivity contribution < 1.29 is 4.79 Å². The van der Waals surface area contributed by atoms with Crippen LogP contribution < -0.4 is 0 Å². The Morgan fingerprint density at radius 1 is 1.00 bits per heavy atom. The van der Waals surface area contributed by atoms with Crippen molar-refractivity contribution in [1.29, 1.82) is 0 Å². The topological polar surface area (TPSA) is 30.0 Å². The van der Waals surface area contributed by atoms with Crippen LogP contribution in [-0.2, 0) is 6.42 Å². The highest BCUT2D eigenvalue weighted by Crippen LogP contribution is 2.31. The molecule has 17 heavy (non-hydrogen) atoms. The van der Waals surface area contributed by atoms with Crippen LogP contribution in [0, 0.1) is 0 Å². The van der Waals surface area contributed by atoms with E-state index in [9.17, 15) is 4.79 Å². The smallest absolute Gasteiger partial charge is 0.165 e. The monoisotopic (exact) mass is 223 g/mol. The maximum Gasteiger partial charge on any atom is 0.165 e. The number of rotatable bonds is 1. The van der Waals surface area contributed by atoms with Crippen LogP contribution in [0.2, 0.25) is 0 Å². The highest BCUT2D eigenvalue weighted by molar-refractivity contribution is 5.98. The molecule has 1 aliphatic carbocycles. The number of fused-ring (bicyclic) bond motifs is 1. The van der Waals surface area contributed by atoms with Crippen molar-refractivity contribution in [2.45, 2.75) is 18.8 Å². The van der Waals surface area contributed by atoms with Crippen LogP contribution >= 0.6 is 0 Å². The summed E-state index contributed by atoms with van der Waals surface area (Å²) < 4.78 is 0. The van der Waals surface area contributed by atoms with Gasteiger partial charge in [-0.15, -0.1) is 0 Å². The Morgan fingerprint density at radius 3 is 2.65 bits per heavy atom. The molecule has 1 aliphatic rings. The number of benzene rings is 1. The van der Waals surface area contributed by atoms with E-state index >= 15 is 0 Å². The van der Waals surface area contributed by atoms with E-state index < -0.39 is 0 Å². The molecule has 0 fully saturated rings. The predicted octanol–water partition coefficient (Wildman–Crippen LogP) is 2.99. The molecule has 3 rings (SSSR count). The zero-order valence-corrected chi connectivity index (χ0v) is 9.47. The first-order chi connectivity index (χ1) is 8.34. The van der Waals surface area contributed by atoms with Crippen molar-refractivity contribution >= 4 is 5.78 Å². The summed E-state index contributed by atoms with van der Waals surface area (Å²) in [5.74, 6) is 0.499. The number of hydrogen-bond acceptors (Lipinski definition) is 2. The highest BCUT2D eigenvalue weighted by Gasteiger charge is 2.26. The summed E-state index contributed by atoms with van der Waals surface area (Å²) in [6.45, 7) is 0. The van der Waals surface area contributed by atoms with E-state index in [2.05, 4.69) is 17.1 Å². The van der Waals surface area contributed by atoms with Gasteiger partial charge in [-0.25, -0.2) is 0 Å². The summed E-state index contributed by atoms with van der Waals surface area (Å²) in [7, 11) is 0. The fourth-order valence-electron chi connectivity index (χ4n) is 2.45. The summed E-state index contributed by atoms with van der Waals surface area (Å²) in [6, 6.07) is 13.9. The van der Waals surface area contributed by atoms with E-state index in [1.807, 2.05) is 30.3 Å². The van der Waals surface area contributed by atoms with E-state index in [4.69, 9.17) is 0 Å². The van der Waals surface area contributed by atoms with Gasteiger partial charge in [0, 0.05) is 18.2 Å². The second-order valence-electron chi connectivity index (χ2n) is 4.44. The Bertz CT molecular complexity index is 548. The average molecular weight is 223 g/mol. The molecule has 2 heteroatoms. The number of nitrogens with zero attached hydrogens (tertiary/aromatic N) is 1. The third-order valence-electron chi connectivity index (χ3n) is 3.33. The van der Waals surface area contributed by atoms with Gasteiger partial charge in [-0.1, -0.05) is 30.3 Å². The lowest BCUT2D eigenvalue weighted by Crippen LogP contribution is -2.19. The van der Waals surface area contributed by atoms with Gasteiger partial charge in [0.05, 0.1) is 5.69 Å². The molecule has 1 aromatic heterocycles. The minimum Gasteiger partial charge on any atom is -0.294 e. The second-order valence-corrected chi connectivity index (χ2v) is 4.44. The Morgan fingerprint density at radius 2 is 1.82 bits per heavy atom. The minimum atomic E-state index is 0.216. The molecule has 0 saturated carbocycles. The standard InChI is InChI=1S/C15H13NO/c17-15-10-12(11-5-2-1-3-6-11)9-14-13(15)7-4-8-16-14/h1-8,12H,9-10H2/t12-/m0/s1. The fourth-order valence-corrected chi connectivity index (χ4v) is 2.45. The van der Waals surface area contributed by atoms with Gasteiger partial charge in [-0.3, -0.25) is 9.78 Å². The van der Waals surface area contributed by atoms with Gasteiger partial charge in [0.15, 0.2) is 5.78 Å². The lowest BCUT2D eigenvalue weighted by Gasteiger charge is -2.22. The summed E-state index contributed by atoms with van der Waals surface area (Å²) in [4.78, 5) is 16.4. The van der Waals surface area contributed by atoms with Gasteiger partial charge >= 0.3 is 0 Å². The molecule has 0 radical (unpaired) electrons. The number of carbonyl (C=O) groups excluding carboxylic acids is 1. The zero-order chi connectivity index (χ0) is 11.7. The van der Waals surface area contributed by atoms with Gasteiger partial charge in [-0.05, 0) is 30.0 Å². The first-order valence-corrected chi connectivity index (χ1v) is 5.86. The van der Waals surface area contributed by atoms with Gasteiger partial charge in [0.25, 0.3) is 0 Å². The number of hydrogen-bond donors (Lipinski definition) is 0. The van der Waals surface area contributed by atoms with E-state index in [0.717, 1.165) is 17.7 Å². The minimum absolute atomic E-state index is 0.216. The summed E-state index contributed by atoms with van der Waals surface area (Å²) in [5, 5.41) is 0. The number of pyridine rings is 1. The van der Waals surface area contributed by atoms with E-state index in [0.29, 0.717) is 6.42 Å². The van der Waals surface area contributed by atoms with Gasteiger partial charge in [0.1, 0.15) is 0 Å². The van der Waals surface area contributed by atoms with Crippen molar-refractivity contribution in [1.82, 2.24) is 4.98 Å². The van der Waals surface area contributed by atoms with E-state index in [1.165, 1.54) is 5.56 Å². The average Bonchev–Trinajstić information content (AvgIpc) is 2.40. The molecule has 0 aliphatic heterocycles. The molecule has 0 unspecified atom stereocenters. The van der Waals surface area contributed by atoms with Gasteiger partial charge in [0.2, 0.25) is 0 Å². The number of Topliss-reactive ketones (excluding diaryl/α,β-unsaturated/α-hetero) is 1. The third-order valence-corrected chi connectivity index (χ3v) is 3.33. The molecule has 0 saturated heterocycles. The molecule has 2 nitrogen and oxygen atoms in total. The van der Waals surface area contributed by atoms with Crippen molar-refractivity contribution in [3.63, 3.8) is 0 Å². The summed E-state index contributed by atoms with van der Waals surface area (Å²) in [5.41, 5.74) is 2.98. The van der Waals surface area contributed by atoms with Crippen molar-refractivity contribution in [2.75, 3.05) is 0 Å². The van der Waals surface area contributed by atoms with Crippen LogP contribution in [0.5, 0.6) is 0 Å². The lowest BCUT2D eigenvalue weighted by atomic mass is 9.82. The van der Waals surface area contributed by atoms with Crippen molar-refractivity contribution in [3.05, 3.63) is 65.5 Å². The molecular formula is C15H13NO. The zero-order valence-electron chi connectivity index (χ0n) is 9.47. The molecule has 0 bridgehead atoms. The van der Waals surface area contributed by atoms with Gasteiger partial charge < -0.3 is 0 Å². The molecule has 1 aromatic carbocycles.